The zero-order valence-electron chi connectivity index (χ0n) is 12.4. The molecule has 8 heteroatoms. The third kappa shape index (κ3) is 3.98. The molecule has 23 heavy (non-hydrogen) atoms. The molecule has 0 aliphatic rings. The van der Waals surface area contributed by atoms with E-state index in [1.807, 2.05) is 13.1 Å². The summed E-state index contributed by atoms with van der Waals surface area (Å²) in [6.07, 6.45) is 3.93. The van der Waals surface area contributed by atoms with Crippen LogP contribution in [0.15, 0.2) is 36.7 Å². The Morgan fingerprint density at radius 1 is 1.35 bits per heavy atom. The van der Waals surface area contributed by atoms with Crippen molar-refractivity contribution >= 4 is 22.6 Å². The second-order valence-electron chi connectivity index (χ2n) is 5.01. The molecule has 3 aromatic rings. The van der Waals surface area contributed by atoms with E-state index in [2.05, 4.69) is 19.8 Å². The van der Waals surface area contributed by atoms with Gasteiger partial charge < -0.3 is 5.32 Å². The van der Waals surface area contributed by atoms with Crippen LogP contribution >= 0.6 is 11.5 Å². The van der Waals surface area contributed by atoms with Gasteiger partial charge in [0.15, 0.2) is 5.82 Å². The number of halogens is 1. The Kier molecular flexibility index (Phi) is 4.42. The van der Waals surface area contributed by atoms with Crippen molar-refractivity contribution < 1.29 is 9.18 Å². The fourth-order valence-corrected chi connectivity index (χ4v) is 2.58. The second-order valence-corrected chi connectivity index (χ2v) is 5.76. The van der Waals surface area contributed by atoms with Gasteiger partial charge in [0.25, 0.3) is 0 Å². The molecule has 2 aromatic heterocycles. The van der Waals surface area contributed by atoms with Gasteiger partial charge >= 0.3 is 0 Å². The fourth-order valence-electron chi connectivity index (χ4n) is 1.98. The standard InChI is InChI=1S/C15H14FN5OS/c1-10-8-17-21(9-10)7-6-13(22)18-15-19-14(20-23-15)11-2-4-12(16)5-3-11/h2-5,8-9H,6-7H2,1H3,(H,18,19,20,22). The number of aryl methyl sites for hydroxylation is 2. The quantitative estimate of drug-likeness (QED) is 0.780. The number of aromatic nitrogens is 4. The minimum Gasteiger partial charge on any atom is -0.301 e. The number of hydrogen-bond donors (Lipinski definition) is 1. The lowest BCUT2D eigenvalue weighted by molar-refractivity contribution is -0.116. The minimum absolute atomic E-state index is 0.153. The summed E-state index contributed by atoms with van der Waals surface area (Å²) in [5.74, 6) is -0.000626. The van der Waals surface area contributed by atoms with Crippen LogP contribution in [0.3, 0.4) is 0 Å². The van der Waals surface area contributed by atoms with E-state index < -0.39 is 0 Å². The second kappa shape index (κ2) is 6.66. The summed E-state index contributed by atoms with van der Waals surface area (Å²) in [7, 11) is 0. The van der Waals surface area contributed by atoms with Crippen molar-refractivity contribution in [1.82, 2.24) is 19.1 Å². The van der Waals surface area contributed by atoms with E-state index in [0.717, 1.165) is 17.1 Å². The summed E-state index contributed by atoms with van der Waals surface area (Å²) in [5.41, 5.74) is 1.76. The molecular formula is C15H14FN5OS. The molecule has 0 fully saturated rings. The Morgan fingerprint density at radius 3 is 2.83 bits per heavy atom. The molecular weight excluding hydrogens is 317 g/mol. The molecule has 0 saturated carbocycles. The highest BCUT2D eigenvalue weighted by Gasteiger charge is 2.10. The Labute approximate surface area is 136 Å². The first-order valence-electron chi connectivity index (χ1n) is 6.99. The maximum Gasteiger partial charge on any atom is 0.228 e. The number of rotatable bonds is 5. The molecule has 0 saturated heterocycles. The van der Waals surface area contributed by atoms with E-state index in [1.165, 1.54) is 12.1 Å². The molecule has 1 aromatic carbocycles. The largest absolute Gasteiger partial charge is 0.301 e. The monoisotopic (exact) mass is 331 g/mol. The predicted molar refractivity (Wildman–Crippen MR) is 85.5 cm³/mol. The van der Waals surface area contributed by atoms with Crippen molar-refractivity contribution in [3.63, 3.8) is 0 Å². The molecule has 0 atom stereocenters. The summed E-state index contributed by atoms with van der Waals surface area (Å²) in [4.78, 5) is 16.2. The van der Waals surface area contributed by atoms with Crippen LogP contribution in [0.5, 0.6) is 0 Å². The topological polar surface area (TPSA) is 72.7 Å². The highest BCUT2D eigenvalue weighted by molar-refractivity contribution is 7.10. The van der Waals surface area contributed by atoms with Gasteiger partial charge in [-0.15, -0.1) is 0 Å². The lowest BCUT2D eigenvalue weighted by Gasteiger charge is -2.01. The third-order valence-corrected chi connectivity index (χ3v) is 3.74. The maximum absolute atomic E-state index is 12.9. The SMILES string of the molecule is Cc1cnn(CCC(=O)Nc2nc(-c3ccc(F)cc3)ns2)c1. The molecule has 0 radical (unpaired) electrons. The molecule has 0 aliphatic heterocycles. The molecule has 0 unspecified atom stereocenters. The fraction of sp³-hybridized carbons (Fsp3) is 0.200. The van der Waals surface area contributed by atoms with Crippen LogP contribution in [-0.2, 0) is 11.3 Å². The van der Waals surface area contributed by atoms with Crippen molar-refractivity contribution in [3.8, 4) is 11.4 Å². The van der Waals surface area contributed by atoms with Crippen molar-refractivity contribution in [1.29, 1.82) is 0 Å². The van der Waals surface area contributed by atoms with Gasteiger partial charge in [-0.1, -0.05) is 0 Å². The molecule has 0 spiro atoms. The molecule has 0 aliphatic carbocycles. The predicted octanol–water partition coefficient (Wildman–Crippen LogP) is 2.88. The van der Waals surface area contributed by atoms with Gasteiger partial charge in [0, 0.05) is 36.3 Å². The van der Waals surface area contributed by atoms with Crippen LogP contribution in [0.2, 0.25) is 0 Å². The molecule has 118 valence electrons. The van der Waals surface area contributed by atoms with Crippen molar-refractivity contribution in [3.05, 3.63) is 48.0 Å². The number of nitrogens with one attached hydrogen (secondary N) is 1. The molecule has 1 amide bonds. The Hall–Kier alpha value is -2.61. The van der Waals surface area contributed by atoms with Gasteiger partial charge in [-0.3, -0.25) is 9.48 Å². The first-order valence-corrected chi connectivity index (χ1v) is 7.76. The molecule has 2 heterocycles. The zero-order chi connectivity index (χ0) is 16.2. The van der Waals surface area contributed by atoms with Crippen molar-refractivity contribution in [2.24, 2.45) is 0 Å². The normalized spacial score (nSPS) is 10.7. The average molecular weight is 331 g/mol. The lowest BCUT2D eigenvalue weighted by atomic mass is 10.2. The lowest BCUT2D eigenvalue weighted by Crippen LogP contribution is -2.14. The smallest absolute Gasteiger partial charge is 0.228 e. The van der Waals surface area contributed by atoms with E-state index >= 15 is 0 Å². The summed E-state index contributed by atoms with van der Waals surface area (Å²) < 4.78 is 18.8. The van der Waals surface area contributed by atoms with Gasteiger partial charge in [0.05, 0.1) is 6.20 Å². The summed E-state index contributed by atoms with van der Waals surface area (Å²) in [5, 5.41) is 7.26. The highest BCUT2D eigenvalue weighted by atomic mass is 32.1. The molecule has 1 N–H and O–H groups in total. The Bertz CT molecular complexity index is 811. The molecule has 3 rings (SSSR count). The van der Waals surface area contributed by atoms with Crippen molar-refractivity contribution in [2.75, 3.05) is 5.32 Å². The summed E-state index contributed by atoms with van der Waals surface area (Å²) in [6.45, 7) is 2.45. The van der Waals surface area contributed by atoms with E-state index in [1.54, 1.807) is 23.0 Å². The first-order chi connectivity index (χ1) is 11.1. The molecule has 6 nitrogen and oxygen atoms in total. The third-order valence-electron chi connectivity index (χ3n) is 3.11. The number of carbonyl (C=O) groups is 1. The van der Waals surface area contributed by atoms with Gasteiger partial charge in [-0.25, -0.2) is 4.39 Å². The van der Waals surface area contributed by atoms with Gasteiger partial charge in [-0.05, 0) is 36.8 Å². The van der Waals surface area contributed by atoms with Crippen molar-refractivity contribution in [2.45, 2.75) is 19.9 Å². The zero-order valence-corrected chi connectivity index (χ0v) is 13.2. The number of carbonyl (C=O) groups excluding carboxylic acids is 1. The van der Waals surface area contributed by atoms with Gasteiger partial charge in [-0.2, -0.15) is 14.5 Å². The Balaban J connectivity index is 1.58. The summed E-state index contributed by atoms with van der Waals surface area (Å²) in [6, 6.07) is 5.90. The first kappa shape index (κ1) is 15.3. The van der Waals surface area contributed by atoms with Gasteiger partial charge in [0.1, 0.15) is 5.82 Å². The van der Waals surface area contributed by atoms with E-state index in [0.29, 0.717) is 29.5 Å². The van der Waals surface area contributed by atoms with Crippen LogP contribution < -0.4 is 5.32 Å². The highest BCUT2D eigenvalue weighted by Crippen LogP contribution is 2.21. The van der Waals surface area contributed by atoms with Crippen LogP contribution in [-0.4, -0.2) is 25.0 Å². The van der Waals surface area contributed by atoms with Crippen LogP contribution in [0.4, 0.5) is 9.52 Å². The number of anilines is 1. The average Bonchev–Trinajstić information content (AvgIpc) is 3.15. The minimum atomic E-state index is -0.314. The Morgan fingerprint density at radius 2 is 2.13 bits per heavy atom. The number of hydrogen-bond acceptors (Lipinski definition) is 5. The molecule has 0 bridgehead atoms. The van der Waals surface area contributed by atoms with Crippen LogP contribution in [0.25, 0.3) is 11.4 Å². The van der Waals surface area contributed by atoms with E-state index in [-0.39, 0.29) is 11.7 Å². The maximum atomic E-state index is 12.9. The number of nitrogens with zero attached hydrogens (tertiary/aromatic N) is 4. The van der Waals surface area contributed by atoms with Gasteiger partial charge in [0.2, 0.25) is 11.0 Å². The number of benzene rings is 1. The number of amides is 1. The van der Waals surface area contributed by atoms with Crippen LogP contribution in [0, 0.1) is 12.7 Å². The summed E-state index contributed by atoms with van der Waals surface area (Å²) >= 11 is 1.09. The van der Waals surface area contributed by atoms with E-state index in [4.69, 9.17) is 0 Å². The van der Waals surface area contributed by atoms with Crippen LogP contribution in [0.1, 0.15) is 12.0 Å². The van der Waals surface area contributed by atoms with E-state index in [9.17, 15) is 9.18 Å².